The van der Waals surface area contributed by atoms with E-state index in [1.807, 2.05) is 0 Å². The van der Waals surface area contributed by atoms with Crippen LogP contribution in [0.2, 0.25) is 0 Å². The first-order valence-corrected chi connectivity index (χ1v) is 9.58. The van der Waals surface area contributed by atoms with E-state index in [1.165, 1.54) is 38.4 Å². The molecular weight excluding hydrogens is 350 g/mol. The van der Waals surface area contributed by atoms with Crippen molar-refractivity contribution in [3.8, 4) is 0 Å². The summed E-state index contributed by atoms with van der Waals surface area (Å²) in [7, 11) is -2.14. The number of sulfonamides is 1. The Bertz CT molecular complexity index is 682. The summed E-state index contributed by atoms with van der Waals surface area (Å²) in [5.41, 5.74) is 0.503. The molecule has 0 spiro atoms. The van der Waals surface area contributed by atoms with Gasteiger partial charge in [0.25, 0.3) is 0 Å². The Morgan fingerprint density at radius 1 is 1.25 bits per heavy atom. The molecule has 0 radical (unpaired) electrons. The maximum absolute atomic E-state index is 12.4. The quantitative estimate of drug-likeness (QED) is 0.752. The molecular formula is C16H24ClN3O3S. The van der Waals surface area contributed by atoms with Gasteiger partial charge in [-0.25, -0.2) is 13.1 Å². The standard InChI is InChI=1S/C16H23N3O3S.ClH/c1-17-23(21,22)13-7-4-6-12(10-13)18-16(20)15-9-11-5-2-3-8-14(11)19-15;/h4,6-7,10-11,14-15,17,19H,2-3,5,8-9H2,1H3,(H,18,20);1H. The highest BCUT2D eigenvalue weighted by Gasteiger charge is 2.38. The van der Waals surface area contributed by atoms with Gasteiger partial charge in [0.1, 0.15) is 0 Å². The highest BCUT2D eigenvalue weighted by atomic mass is 35.5. The second kappa shape index (κ2) is 7.82. The molecule has 134 valence electrons. The second-order valence-corrected chi connectivity index (χ2v) is 8.22. The Hall–Kier alpha value is -1.15. The van der Waals surface area contributed by atoms with Crippen LogP contribution in [-0.2, 0) is 14.8 Å². The molecule has 1 amide bonds. The highest BCUT2D eigenvalue weighted by Crippen LogP contribution is 2.33. The number of hydrogen-bond acceptors (Lipinski definition) is 4. The highest BCUT2D eigenvalue weighted by molar-refractivity contribution is 7.89. The summed E-state index contributed by atoms with van der Waals surface area (Å²) < 4.78 is 25.9. The number of nitrogens with one attached hydrogen (secondary N) is 3. The summed E-state index contributed by atoms with van der Waals surface area (Å²) in [4.78, 5) is 12.6. The minimum atomic E-state index is -3.51. The third-order valence-electron chi connectivity index (χ3n) is 4.86. The SMILES string of the molecule is CNS(=O)(=O)c1cccc(NC(=O)C2CC3CCCCC3N2)c1.Cl. The molecule has 24 heavy (non-hydrogen) atoms. The summed E-state index contributed by atoms with van der Waals surface area (Å²) >= 11 is 0. The lowest BCUT2D eigenvalue weighted by atomic mass is 9.85. The van der Waals surface area contributed by atoms with Gasteiger partial charge in [0, 0.05) is 11.7 Å². The first-order valence-electron chi connectivity index (χ1n) is 8.10. The van der Waals surface area contributed by atoms with E-state index in [0.29, 0.717) is 17.6 Å². The minimum absolute atomic E-state index is 0. The minimum Gasteiger partial charge on any atom is -0.325 e. The fourth-order valence-electron chi connectivity index (χ4n) is 3.61. The number of benzene rings is 1. The van der Waals surface area contributed by atoms with Crippen LogP contribution in [0.1, 0.15) is 32.1 Å². The molecule has 1 aromatic carbocycles. The molecule has 1 saturated heterocycles. The molecule has 0 aromatic heterocycles. The van der Waals surface area contributed by atoms with Crippen molar-refractivity contribution in [3.63, 3.8) is 0 Å². The largest absolute Gasteiger partial charge is 0.325 e. The van der Waals surface area contributed by atoms with Crippen molar-refractivity contribution in [2.75, 3.05) is 12.4 Å². The molecule has 1 heterocycles. The number of carbonyl (C=O) groups is 1. The zero-order valence-electron chi connectivity index (χ0n) is 13.6. The van der Waals surface area contributed by atoms with Crippen molar-refractivity contribution < 1.29 is 13.2 Å². The van der Waals surface area contributed by atoms with Crippen LogP contribution in [0.15, 0.2) is 29.2 Å². The Morgan fingerprint density at radius 3 is 2.71 bits per heavy atom. The fraction of sp³-hybridized carbons (Fsp3) is 0.562. The smallest absolute Gasteiger partial charge is 0.241 e. The number of hydrogen-bond donors (Lipinski definition) is 3. The summed E-state index contributed by atoms with van der Waals surface area (Å²) in [6.07, 6.45) is 5.68. The lowest BCUT2D eigenvalue weighted by molar-refractivity contribution is -0.117. The molecule has 3 atom stereocenters. The van der Waals surface area contributed by atoms with E-state index >= 15 is 0 Å². The topological polar surface area (TPSA) is 87.3 Å². The van der Waals surface area contributed by atoms with Crippen molar-refractivity contribution in [3.05, 3.63) is 24.3 Å². The Labute approximate surface area is 149 Å². The normalized spacial score (nSPS) is 26.3. The molecule has 1 aromatic rings. The van der Waals surface area contributed by atoms with E-state index in [9.17, 15) is 13.2 Å². The van der Waals surface area contributed by atoms with Gasteiger partial charge in [-0.2, -0.15) is 0 Å². The third-order valence-corrected chi connectivity index (χ3v) is 6.27. The lowest BCUT2D eigenvalue weighted by Gasteiger charge is -2.24. The van der Waals surface area contributed by atoms with Crippen molar-refractivity contribution in [1.29, 1.82) is 0 Å². The Kier molecular flexibility index (Phi) is 6.25. The number of carbonyl (C=O) groups excluding carboxylic acids is 1. The molecule has 1 saturated carbocycles. The number of anilines is 1. The molecule has 3 rings (SSSR count). The molecule has 2 fully saturated rings. The lowest BCUT2D eigenvalue weighted by Crippen LogP contribution is -2.39. The van der Waals surface area contributed by atoms with Gasteiger partial charge in [-0.15, -0.1) is 12.4 Å². The van der Waals surface area contributed by atoms with Crippen molar-refractivity contribution in [1.82, 2.24) is 10.0 Å². The zero-order chi connectivity index (χ0) is 16.4. The van der Waals surface area contributed by atoms with Crippen LogP contribution in [0.5, 0.6) is 0 Å². The maximum Gasteiger partial charge on any atom is 0.241 e. The first kappa shape index (κ1) is 19.2. The average molecular weight is 374 g/mol. The monoisotopic (exact) mass is 373 g/mol. The van der Waals surface area contributed by atoms with Crippen LogP contribution in [0, 0.1) is 5.92 Å². The van der Waals surface area contributed by atoms with Gasteiger partial charge in [0.05, 0.1) is 10.9 Å². The molecule has 2 aliphatic rings. The third kappa shape index (κ3) is 4.08. The molecule has 1 aliphatic heterocycles. The number of rotatable bonds is 4. The first-order chi connectivity index (χ1) is 11.0. The van der Waals surface area contributed by atoms with Gasteiger partial charge in [0.2, 0.25) is 15.9 Å². The number of amides is 1. The van der Waals surface area contributed by atoms with E-state index in [-0.39, 0.29) is 29.3 Å². The molecule has 0 bridgehead atoms. The number of fused-ring (bicyclic) bond motifs is 1. The summed E-state index contributed by atoms with van der Waals surface area (Å²) in [6.45, 7) is 0. The fourth-order valence-corrected chi connectivity index (χ4v) is 4.38. The predicted molar refractivity (Wildman–Crippen MR) is 95.9 cm³/mol. The van der Waals surface area contributed by atoms with E-state index in [2.05, 4.69) is 15.4 Å². The van der Waals surface area contributed by atoms with Crippen molar-refractivity contribution >= 4 is 34.0 Å². The molecule has 6 nitrogen and oxygen atoms in total. The zero-order valence-corrected chi connectivity index (χ0v) is 15.3. The van der Waals surface area contributed by atoms with Crippen LogP contribution >= 0.6 is 12.4 Å². The van der Waals surface area contributed by atoms with Gasteiger partial charge < -0.3 is 10.6 Å². The van der Waals surface area contributed by atoms with Crippen LogP contribution in [-0.4, -0.2) is 33.5 Å². The van der Waals surface area contributed by atoms with Crippen LogP contribution in [0.4, 0.5) is 5.69 Å². The summed E-state index contributed by atoms with van der Waals surface area (Å²) in [6, 6.07) is 6.58. The van der Waals surface area contributed by atoms with Gasteiger partial charge in [-0.3, -0.25) is 4.79 Å². The van der Waals surface area contributed by atoms with E-state index < -0.39 is 10.0 Å². The van der Waals surface area contributed by atoms with Crippen molar-refractivity contribution in [2.45, 2.75) is 49.1 Å². The van der Waals surface area contributed by atoms with Crippen LogP contribution in [0.25, 0.3) is 0 Å². The Balaban J connectivity index is 0.00000208. The van der Waals surface area contributed by atoms with Gasteiger partial charge in [-0.1, -0.05) is 18.9 Å². The van der Waals surface area contributed by atoms with E-state index in [1.54, 1.807) is 12.1 Å². The van der Waals surface area contributed by atoms with Crippen molar-refractivity contribution in [2.24, 2.45) is 5.92 Å². The van der Waals surface area contributed by atoms with E-state index in [0.717, 1.165) is 12.8 Å². The second-order valence-electron chi connectivity index (χ2n) is 6.33. The molecule has 3 unspecified atom stereocenters. The predicted octanol–water partition coefficient (Wildman–Crippen LogP) is 1.88. The molecule has 8 heteroatoms. The summed E-state index contributed by atoms with van der Waals surface area (Å²) in [5, 5.41) is 6.26. The van der Waals surface area contributed by atoms with Crippen LogP contribution in [0.3, 0.4) is 0 Å². The van der Waals surface area contributed by atoms with Crippen LogP contribution < -0.4 is 15.4 Å². The average Bonchev–Trinajstić information content (AvgIpc) is 2.99. The summed E-state index contributed by atoms with van der Waals surface area (Å²) in [5.74, 6) is 0.508. The van der Waals surface area contributed by atoms with E-state index in [4.69, 9.17) is 0 Å². The molecule has 1 aliphatic carbocycles. The number of halogens is 1. The van der Waals surface area contributed by atoms with Gasteiger partial charge in [-0.05, 0) is 50.4 Å². The van der Waals surface area contributed by atoms with Gasteiger partial charge >= 0.3 is 0 Å². The van der Waals surface area contributed by atoms with Gasteiger partial charge in [0.15, 0.2) is 0 Å². The Morgan fingerprint density at radius 2 is 2.00 bits per heavy atom. The maximum atomic E-state index is 12.4. The molecule has 3 N–H and O–H groups in total.